The number of carbonyl (C=O) groups is 1. The normalized spacial score (nSPS) is 11.4. The summed E-state index contributed by atoms with van der Waals surface area (Å²) >= 11 is 0. The molecule has 0 aromatic carbocycles. The lowest BCUT2D eigenvalue weighted by Gasteiger charge is -2.23. The summed E-state index contributed by atoms with van der Waals surface area (Å²) in [4.78, 5) is 10.9. The molecule has 0 saturated heterocycles. The van der Waals surface area contributed by atoms with Gasteiger partial charge >= 0.3 is 7.75 Å². The molecule has 0 saturated carbocycles. The van der Waals surface area contributed by atoms with Gasteiger partial charge in [0.15, 0.2) is 0 Å². The third-order valence-corrected chi connectivity index (χ3v) is 3.08. The zero-order valence-electron chi connectivity index (χ0n) is 8.94. The maximum atomic E-state index is 11.8. The summed E-state index contributed by atoms with van der Waals surface area (Å²) in [6, 6.07) is 0. The van der Waals surface area contributed by atoms with Crippen molar-refractivity contribution in [3.05, 3.63) is 0 Å². The minimum atomic E-state index is -3.37. The van der Waals surface area contributed by atoms with E-state index in [4.69, 9.17) is 9.05 Å². The molecule has 84 valence electrons. The van der Waals surface area contributed by atoms with E-state index in [1.165, 1.54) is 14.0 Å². The molecule has 0 aliphatic heterocycles. The Morgan fingerprint density at radius 3 is 2.07 bits per heavy atom. The van der Waals surface area contributed by atoms with E-state index in [2.05, 4.69) is 5.20 Å². The molecular weight excluding hydrogens is 207 g/mol. The molecule has 6 nitrogen and oxygen atoms in total. The highest BCUT2D eigenvalue weighted by Gasteiger charge is 2.25. The summed E-state index contributed by atoms with van der Waals surface area (Å²) < 4.78 is 21.6. The molecule has 0 atom stereocenters. The quantitative estimate of drug-likeness (QED) is 0.541. The van der Waals surface area contributed by atoms with Crippen molar-refractivity contribution in [3.8, 4) is 0 Å². The van der Waals surface area contributed by atoms with Gasteiger partial charge in [-0.25, -0.2) is 4.57 Å². The fraction of sp³-hybridized carbons (Fsp3) is 0.857. The summed E-state index contributed by atoms with van der Waals surface area (Å²) in [5.41, 5.74) is 0. The van der Waals surface area contributed by atoms with Crippen LogP contribution in [0.3, 0.4) is 0 Å². The highest BCUT2D eigenvalue weighted by Crippen LogP contribution is 2.43. The summed E-state index contributed by atoms with van der Waals surface area (Å²) in [6.07, 6.45) is 0. The Bertz CT molecular complexity index is 224. The maximum absolute atomic E-state index is 11.8. The smallest absolute Gasteiger partial charge is 0.296 e. The second kappa shape index (κ2) is 6.14. The monoisotopic (exact) mass is 224 g/mol. The molecule has 0 unspecified atom stereocenters. The van der Waals surface area contributed by atoms with E-state index in [9.17, 15) is 9.36 Å². The van der Waals surface area contributed by atoms with Crippen LogP contribution in [0.25, 0.3) is 0 Å². The van der Waals surface area contributed by atoms with E-state index < -0.39 is 7.75 Å². The fourth-order valence-electron chi connectivity index (χ4n) is 0.689. The third kappa shape index (κ3) is 4.72. The molecular formula is C7H17N2O4P. The van der Waals surface area contributed by atoms with Crippen LogP contribution >= 0.6 is 7.75 Å². The SMILES string of the molecule is CCOP(=O)(NN(C)C(C)=O)OCC. The Hall–Kier alpha value is -0.420. The average molecular weight is 224 g/mol. The molecule has 0 rings (SSSR count). The standard InChI is InChI=1S/C7H17N2O4P/c1-5-12-14(11,13-6-2)8-9(4)7(3)10/h5-6H2,1-4H3,(H,8,11). The molecule has 0 aliphatic rings. The van der Waals surface area contributed by atoms with E-state index >= 15 is 0 Å². The van der Waals surface area contributed by atoms with E-state index in [1.54, 1.807) is 13.8 Å². The summed E-state index contributed by atoms with van der Waals surface area (Å²) in [6.45, 7) is 5.23. The summed E-state index contributed by atoms with van der Waals surface area (Å²) in [7, 11) is -1.92. The van der Waals surface area contributed by atoms with Crippen molar-refractivity contribution in [2.24, 2.45) is 0 Å². The zero-order valence-corrected chi connectivity index (χ0v) is 9.84. The largest absolute Gasteiger partial charge is 0.423 e. The minimum Gasteiger partial charge on any atom is -0.296 e. The van der Waals surface area contributed by atoms with Gasteiger partial charge in [0, 0.05) is 14.0 Å². The van der Waals surface area contributed by atoms with Crippen molar-refractivity contribution in [2.75, 3.05) is 20.3 Å². The molecule has 0 fully saturated rings. The molecule has 0 spiro atoms. The topological polar surface area (TPSA) is 67.9 Å². The van der Waals surface area contributed by atoms with Crippen LogP contribution < -0.4 is 5.20 Å². The molecule has 0 bridgehead atoms. The predicted octanol–water partition coefficient (Wildman–Crippen LogP) is 1.15. The van der Waals surface area contributed by atoms with Crippen LogP contribution in [0.2, 0.25) is 0 Å². The Kier molecular flexibility index (Phi) is 5.95. The Morgan fingerprint density at radius 1 is 1.36 bits per heavy atom. The van der Waals surface area contributed by atoms with E-state index in [0.717, 1.165) is 5.01 Å². The van der Waals surface area contributed by atoms with Gasteiger partial charge in [-0.05, 0) is 13.8 Å². The lowest BCUT2D eigenvalue weighted by atomic mass is 10.7. The van der Waals surface area contributed by atoms with Crippen molar-refractivity contribution in [2.45, 2.75) is 20.8 Å². The first-order valence-corrected chi connectivity index (χ1v) is 5.90. The molecule has 0 radical (unpaired) electrons. The van der Waals surface area contributed by atoms with E-state index in [-0.39, 0.29) is 19.1 Å². The van der Waals surface area contributed by atoms with Crippen molar-refractivity contribution in [1.82, 2.24) is 10.2 Å². The number of nitrogens with zero attached hydrogens (tertiary/aromatic N) is 1. The van der Waals surface area contributed by atoms with Gasteiger partial charge in [0.1, 0.15) is 0 Å². The first-order chi connectivity index (χ1) is 6.45. The molecule has 1 N–H and O–H groups in total. The van der Waals surface area contributed by atoms with Gasteiger partial charge < -0.3 is 0 Å². The predicted molar refractivity (Wildman–Crippen MR) is 52.4 cm³/mol. The summed E-state index contributed by atoms with van der Waals surface area (Å²) in [5, 5.41) is 3.47. The number of nitrogens with one attached hydrogen (secondary N) is 1. The lowest BCUT2D eigenvalue weighted by molar-refractivity contribution is -0.129. The molecule has 0 heterocycles. The Labute approximate surface area is 84.1 Å². The minimum absolute atomic E-state index is 0.246. The number of rotatable bonds is 6. The van der Waals surface area contributed by atoms with Crippen molar-refractivity contribution < 1.29 is 18.4 Å². The molecule has 0 aliphatic carbocycles. The molecule has 14 heavy (non-hydrogen) atoms. The maximum Gasteiger partial charge on any atom is 0.423 e. The first kappa shape index (κ1) is 13.6. The van der Waals surface area contributed by atoms with Crippen molar-refractivity contribution >= 4 is 13.7 Å². The average Bonchev–Trinajstić information content (AvgIpc) is 2.04. The fourth-order valence-corrected chi connectivity index (χ4v) is 2.07. The van der Waals surface area contributed by atoms with Crippen LogP contribution in [0.5, 0.6) is 0 Å². The van der Waals surface area contributed by atoms with Gasteiger partial charge in [0.25, 0.3) is 0 Å². The number of hydrazine groups is 1. The van der Waals surface area contributed by atoms with Gasteiger partial charge in [0.05, 0.1) is 13.2 Å². The molecule has 0 aromatic heterocycles. The lowest BCUT2D eigenvalue weighted by Crippen LogP contribution is -2.36. The first-order valence-electron chi connectivity index (χ1n) is 4.36. The number of carbonyl (C=O) groups excluding carboxylic acids is 1. The van der Waals surface area contributed by atoms with Crippen LogP contribution in [0.4, 0.5) is 0 Å². The van der Waals surface area contributed by atoms with Crippen LogP contribution in [-0.2, 0) is 18.4 Å². The number of amides is 1. The molecule has 7 heteroatoms. The zero-order chi connectivity index (χ0) is 11.2. The Morgan fingerprint density at radius 2 is 1.79 bits per heavy atom. The Balaban J connectivity index is 4.35. The second-order valence-corrected chi connectivity index (χ2v) is 4.22. The van der Waals surface area contributed by atoms with Crippen LogP contribution in [-0.4, -0.2) is 31.2 Å². The third-order valence-electron chi connectivity index (χ3n) is 1.34. The van der Waals surface area contributed by atoms with Crippen LogP contribution in [0.15, 0.2) is 0 Å². The van der Waals surface area contributed by atoms with Gasteiger partial charge in [-0.2, -0.15) is 0 Å². The van der Waals surface area contributed by atoms with Crippen molar-refractivity contribution in [1.29, 1.82) is 0 Å². The highest BCUT2D eigenvalue weighted by molar-refractivity contribution is 7.51. The number of hydrogen-bond acceptors (Lipinski definition) is 4. The van der Waals surface area contributed by atoms with Gasteiger partial charge in [0.2, 0.25) is 5.91 Å². The van der Waals surface area contributed by atoms with Gasteiger partial charge in [-0.3, -0.25) is 18.9 Å². The van der Waals surface area contributed by atoms with Gasteiger partial charge in [-0.1, -0.05) is 0 Å². The van der Waals surface area contributed by atoms with E-state index in [1.807, 2.05) is 0 Å². The molecule has 0 aromatic rings. The van der Waals surface area contributed by atoms with Crippen molar-refractivity contribution in [3.63, 3.8) is 0 Å². The summed E-state index contributed by atoms with van der Waals surface area (Å²) in [5.74, 6) is -0.273. The highest BCUT2D eigenvalue weighted by atomic mass is 31.2. The van der Waals surface area contributed by atoms with E-state index in [0.29, 0.717) is 0 Å². The second-order valence-electron chi connectivity index (χ2n) is 2.51. The number of hydrogen-bond donors (Lipinski definition) is 1. The van der Waals surface area contributed by atoms with Crippen LogP contribution in [0, 0.1) is 0 Å². The molecule has 1 amide bonds. The van der Waals surface area contributed by atoms with Crippen LogP contribution in [0.1, 0.15) is 20.8 Å². The van der Waals surface area contributed by atoms with Gasteiger partial charge in [-0.15, -0.1) is 5.20 Å².